The van der Waals surface area contributed by atoms with Gasteiger partial charge in [-0.05, 0) is 37.6 Å². The number of rotatable bonds is 5. The summed E-state index contributed by atoms with van der Waals surface area (Å²) in [5.74, 6) is -0.0112. The van der Waals surface area contributed by atoms with Gasteiger partial charge in [-0.3, -0.25) is 14.5 Å². The molecule has 0 bridgehead atoms. The van der Waals surface area contributed by atoms with Crippen molar-refractivity contribution >= 4 is 23.4 Å². The fourth-order valence-corrected chi connectivity index (χ4v) is 3.63. The van der Waals surface area contributed by atoms with E-state index in [2.05, 4.69) is 10.2 Å². The molecule has 2 aromatic rings. The van der Waals surface area contributed by atoms with Gasteiger partial charge in [-0.1, -0.05) is 48.0 Å². The smallest absolute Gasteiger partial charge is 0.253 e. The lowest BCUT2D eigenvalue weighted by atomic mass is 10.1. The second-order valence-electron chi connectivity index (χ2n) is 7.16. The molecular formula is C22H26ClN3O2. The van der Waals surface area contributed by atoms with Gasteiger partial charge in [0.15, 0.2) is 0 Å². The Morgan fingerprint density at radius 3 is 2.29 bits per heavy atom. The number of carbonyl (C=O) groups excluding carboxylic acids is 2. The van der Waals surface area contributed by atoms with Crippen molar-refractivity contribution in [3.05, 3.63) is 70.7 Å². The highest BCUT2D eigenvalue weighted by molar-refractivity contribution is 6.30. The zero-order valence-corrected chi connectivity index (χ0v) is 17.0. The molecule has 3 rings (SSSR count). The molecular weight excluding hydrogens is 374 g/mol. The topological polar surface area (TPSA) is 52.7 Å². The number of benzene rings is 2. The first-order valence-corrected chi connectivity index (χ1v) is 9.97. The summed E-state index contributed by atoms with van der Waals surface area (Å²) in [4.78, 5) is 29.2. The van der Waals surface area contributed by atoms with Gasteiger partial charge >= 0.3 is 0 Å². The van der Waals surface area contributed by atoms with Crippen molar-refractivity contribution in [2.24, 2.45) is 0 Å². The van der Waals surface area contributed by atoms with E-state index >= 15 is 0 Å². The van der Waals surface area contributed by atoms with Crippen molar-refractivity contribution < 1.29 is 9.59 Å². The molecule has 148 valence electrons. The van der Waals surface area contributed by atoms with Crippen molar-refractivity contribution in [2.45, 2.75) is 25.9 Å². The minimum Gasteiger partial charge on any atom is -0.348 e. The summed E-state index contributed by atoms with van der Waals surface area (Å²) in [6.45, 7) is 6.43. The van der Waals surface area contributed by atoms with E-state index in [-0.39, 0.29) is 23.9 Å². The van der Waals surface area contributed by atoms with Crippen molar-refractivity contribution in [1.29, 1.82) is 0 Å². The van der Waals surface area contributed by atoms with E-state index in [1.807, 2.05) is 49.1 Å². The first-order valence-electron chi connectivity index (χ1n) is 9.60. The third-order valence-corrected chi connectivity index (χ3v) is 5.49. The zero-order chi connectivity index (χ0) is 20.1. The van der Waals surface area contributed by atoms with E-state index in [1.165, 1.54) is 0 Å². The Hall–Kier alpha value is -2.37. The Labute approximate surface area is 171 Å². The van der Waals surface area contributed by atoms with Gasteiger partial charge in [0.2, 0.25) is 5.91 Å². The lowest BCUT2D eigenvalue weighted by Crippen LogP contribution is -2.55. The molecule has 2 amide bonds. The summed E-state index contributed by atoms with van der Waals surface area (Å²) in [6, 6.07) is 16.7. The molecule has 6 heteroatoms. The van der Waals surface area contributed by atoms with Crippen LogP contribution in [0.4, 0.5) is 0 Å². The van der Waals surface area contributed by atoms with Crippen molar-refractivity contribution in [1.82, 2.24) is 15.1 Å². The minimum absolute atomic E-state index is 0.00553. The number of hydrogen-bond donors (Lipinski definition) is 1. The van der Waals surface area contributed by atoms with Crippen molar-refractivity contribution in [3.8, 4) is 0 Å². The Balaban J connectivity index is 1.52. The van der Waals surface area contributed by atoms with Crippen LogP contribution in [0.3, 0.4) is 0 Å². The van der Waals surface area contributed by atoms with Crippen LogP contribution in [0.5, 0.6) is 0 Å². The number of amides is 2. The number of halogens is 1. The van der Waals surface area contributed by atoms with Gasteiger partial charge in [0.1, 0.15) is 0 Å². The van der Waals surface area contributed by atoms with E-state index in [0.29, 0.717) is 36.8 Å². The number of piperazine rings is 1. The lowest BCUT2D eigenvalue weighted by Gasteiger charge is -2.37. The second-order valence-corrected chi connectivity index (χ2v) is 7.59. The van der Waals surface area contributed by atoms with Gasteiger partial charge in [0.25, 0.3) is 5.91 Å². The number of nitrogens with one attached hydrogen (secondary N) is 1. The number of carbonyl (C=O) groups is 2. The van der Waals surface area contributed by atoms with Crippen LogP contribution in [-0.2, 0) is 4.79 Å². The largest absolute Gasteiger partial charge is 0.348 e. The quantitative estimate of drug-likeness (QED) is 0.838. The highest BCUT2D eigenvalue weighted by atomic mass is 35.5. The van der Waals surface area contributed by atoms with Crippen LogP contribution < -0.4 is 5.32 Å². The lowest BCUT2D eigenvalue weighted by molar-refractivity contribution is -0.127. The molecule has 1 aliphatic heterocycles. The maximum absolute atomic E-state index is 12.7. The van der Waals surface area contributed by atoms with E-state index in [4.69, 9.17) is 11.6 Å². The van der Waals surface area contributed by atoms with Crippen LogP contribution in [0, 0.1) is 0 Å². The van der Waals surface area contributed by atoms with Crippen LogP contribution in [-0.4, -0.2) is 53.8 Å². The first-order chi connectivity index (χ1) is 13.5. The Bertz CT molecular complexity index is 820. The first kappa shape index (κ1) is 20.4. The van der Waals surface area contributed by atoms with Gasteiger partial charge in [-0.2, -0.15) is 0 Å². The third kappa shape index (κ3) is 4.91. The van der Waals surface area contributed by atoms with Crippen LogP contribution in [0.25, 0.3) is 0 Å². The number of nitrogens with zero attached hydrogens (tertiary/aromatic N) is 2. The SMILES string of the molecule is CC(NC(=O)C(C)N1CCN(C(=O)c2cccc(Cl)c2)CC1)c1ccccc1. The molecule has 1 aliphatic rings. The van der Waals surface area contributed by atoms with E-state index in [9.17, 15) is 9.59 Å². The average Bonchev–Trinajstić information content (AvgIpc) is 2.73. The maximum Gasteiger partial charge on any atom is 0.253 e. The van der Waals surface area contributed by atoms with Gasteiger partial charge in [0.05, 0.1) is 12.1 Å². The predicted molar refractivity (Wildman–Crippen MR) is 111 cm³/mol. The van der Waals surface area contributed by atoms with Gasteiger partial charge < -0.3 is 10.2 Å². The fourth-order valence-electron chi connectivity index (χ4n) is 3.44. The molecule has 2 aromatic carbocycles. The van der Waals surface area contributed by atoms with Crippen LogP contribution in [0.15, 0.2) is 54.6 Å². The molecule has 0 aromatic heterocycles. The normalized spacial score (nSPS) is 17.0. The van der Waals surface area contributed by atoms with E-state index in [0.717, 1.165) is 5.56 Å². The zero-order valence-electron chi connectivity index (χ0n) is 16.3. The summed E-state index contributed by atoms with van der Waals surface area (Å²) >= 11 is 5.99. The molecule has 1 fully saturated rings. The average molecular weight is 400 g/mol. The third-order valence-electron chi connectivity index (χ3n) is 5.26. The molecule has 2 unspecified atom stereocenters. The van der Waals surface area contributed by atoms with Crippen molar-refractivity contribution in [3.63, 3.8) is 0 Å². The van der Waals surface area contributed by atoms with Crippen LogP contribution in [0.1, 0.15) is 35.8 Å². The summed E-state index contributed by atoms with van der Waals surface area (Å²) in [7, 11) is 0. The molecule has 28 heavy (non-hydrogen) atoms. The Morgan fingerprint density at radius 1 is 0.964 bits per heavy atom. The van der Waals surface area contributed by atoms with Crippen molar-refractivity contribution in [2.75, 3.05) is 26.2 Å². The second kappa shape index (κ2) is 9.22. The standard InChI is InChI=1S/C22H26ClN3O2/c1-16(18-7-4-3-5-8-18)24-21(27)17(2)25-11-13-26(14-12-25)22(28)19-9-6-10-20(23)15-19/h3-10,15-17H,11-14H2,1-2H3,(H,24,27). The van der Waals surface area contributed by atoms with Gasteiger partial charge in [0, 0.05) is 36.8 Å². The highest BCUT2D eigenvalue weighted by Crippen LogP contribution is 2.16. The van der Waals surface area contributed by atoms with E-state index < -0.39 is 0 Å². The Kier molecular flexibility index (Phi) is 6.70. The molecule has 1 N–H and O–H groups in total. The number of hydrogen-bond acceptors (Lipinski definition) is 3. The minimum atomic E-state index is -0.241. The molecule has 1 heterocycles. The molecule has 0 radical (unpaired) electrons. The summed E-state index contributed by atoms with van der Waals surface area (Å²) < 4.78 is 0. The van der Waals surface area contributed by atoms with Gasteiger partial charge in [-0.15, -0.1) is 0 Å². The maximum atomic E-state index is 12.7. The molecule has 2 atom stereocenters. The molecule has 0 saturated carbocycles. The summed E-state index contributed by atoms with van der Waals surface area (Å²) in [5.41, 5.74) is 1.68. The van der Waals surface area contributed by atoms with Gasteiger partial charge in [-0.25, -0.2) is 0 Å². The molecule has 5 nitrogen and oxygen atoms in total. The summed E-state index contributed by atoms with van der Waals surface area (Å²) in [5, 5.41) is 3.64. The predicted octanol–water partition coefficient (Wildman–Crippen LogP) is 3.36. The van der Waals surface area contributed by atoms with E-state index in [1.54, 1.807) is 24.3 Å². The van der Waals surface area contributed by atoms with Crippen LogP contribution >= 0.6 is 11.6 Å². The fraction of sp³-hybridized carbons (Fsp3) is 0.364. The molecule has 0 spiro atoms. The highest BCUT2D eigenvalue weighted by Gasteiger charge is 2.28. The summed E-state index contributed by atoms with van der Waals surface area (Å²) in [6.07, 6.45) is 0. The Morgan fingerprint density at radius 2 is 1.64 bits per heavy atom. The molecule has 1 saturated heterocycles. The van der Waals surface area contributed by atoms with Crippen LogP contribution in [0.2, 0.25) is 5.02 Å². The molecule has 0 aliphatic carbocycles. The monoisotopic (exact) mass is 399 g/mol.